The standard InChI is InChI=1S/C13H19N3O/c17-13-9-11-5-4-6-12(11)14-16(13)10-15-7-2-1-3-8-15/h9H,1-8,10H2. The topological polar surface area (TPSA) is 38.1 Å². The molecule has 0 radical (unpaired) electrons. The SMILES string of the molecule is O=c1cc2c(nn1CN1CCCCC1)CCC2. The lowest BCUT2D eigenvalue weighted by atomic mass is 10.1. The van der Waals surface area contributed by atoms with Gasteiger partial charge in [0, 0.05) is 6.07 Å². The molecule has 4 nitrogen and oxygen atoms in total. The van der Waals surface area contributed by atoms with Gasteiger partial charge in [-0.2, -0.15) is 5.10 Å². The molecule has 1 aromatic rings. The third-order valence-corrected chi connectivity index (χ3v) is 3.81. The van der Waals surface area contributed by atoms with Gasteiger partial charge in [0.25, 0.3) is 5.56 Å². The fraction of sp³-hybridized carbons (Fsp3) is 0.692. The van der Waals surface area contributed by atoms with Crippen LogP contribution in [0.15, 0.2) is 10.9 Å². The van der Waals surface area contributed by atoms with E-state index in [9.17, 15) is 4.79 Å². The number of aryl methyl sites for hydroxylation is 2. The molecule has 92 valence electrons. The Morgan fingerprint density at radius 3 is 2.76 bits per heavy atom. The van der Waals surface area contributed by atoms with Crippen molar-refractivity contribution in [2.45, 2.75) is 45.2 Å². The molecular formula is C13H19N3O. The maximum atomic E-state index is 11.9. The van der Waals surface area contributed by atoms with E-state index in [-0.39, 0.29) is 5.56 Å². The first-order chi connectivity index (χ1) is 8.33. The molecule has 0 saturated carbocycles. The zero-order chi connectivity index (χ0) is 11.7. The Balaban J connectivity index is 1.80. The molecule has 1 aromatic heterocycles. The Kier molecular flexibility index (Phi) is 2.97. The minimum atomic E-state index is 0.0659. The van der Waals surface area contributed by atoms with Gasteiger partial charge in [-0.05, 0) is 50.8 Å². The third-order valence-electron chi connectivity index (χ3n) is 3.81. The summed E-state index contributed by atoms with van der Waals surface area (Å²) in [6.45, 7) is 2.88. The lowest BCUT2D eigenvalue weighted by molar-refractivity contribution is 0.169. The van der Waals surface area contributed by atoms with Crippen LogP contribution in [0.25, 0.3) is 0 Å². The molecule has 0 spiro atoms. The van der Waals surface area contributed by atoms with Gasteiger partial charge in [0.1, 0.15) is 0 Å². The zero-order valence-electron chi connectivity index (χ0n) is 10.2. The molecule has 0 unspecified atom stereocenters. The predicted molar refractivity (Wildman–Crippen MR) is 65.9 cm³/mol. The van der Waals surface area contributed by atoms with Crippen molar-refractivity contribution in [3.05, 3.63) is 27.7 Å². The molecule has 1 fully saturated rings. The van der Waals surface area contributed by atoms with Crippen LogP contribution < -0.4 is 5.56 Å². The van der Waals surface area contributed by atoms with Crippen molar-refractivity contribution >= 4 is 0 Å². The number of likely N-dealkylation sites (tertiary alicyclic amines) is 1. The predicted octanol–water partition coefficient (Wildman–Crippen LogP) is 1.18. The van der Waals surface area contributed by atoms with Gasteiger partial charge in [-0.1, -0.05) is 6.42 Å². The molecule has 1 aliphatic carbocycles. The van der Waals surface area contributed by atoms with Crippen molar-refractivity contribution in [3.8, 4) is 0 Å². The fourth-order valence-electron chi connectivity index (χ4n) is 2.83. The molecule has 0 bridgehead atoms. The quantitative estimate of drug-likeness (QED) is 0.769. The first kappa shape index (κ1) is 11.0. The molecule has 0 atom stereocenters. The van der Waals surface area contributed by atoms with E-state index in [0.717, 1.165) is 38.0 Å². The second kappa shape index (κ2) is 4.61. The van der Waals surface area contributed by atoms with Crippen molar-refractivity contribution in [1.29, 1.82) is 0 Å². The molecular weight excluding hydrogens is 214 g/mol. The minimum absolute atomic E-state index is 0.0659. The highest BCUT2D eigenvalue weighted by atomic mass is 16.1. The van der Waals surface area contributed by atoms with Gasteiger partial charge in [0.2, 0.25) is 0 Å². The second-order valence-electron chi connectivity index (χ2n) is 5.13. The summed E-state index contributed by atoms with van der Waals surface area (Å²) in [5, 5.41) is 4.51. The van der Waals surface area contributed by atoms with E-state index in [1.807, 2.05) is 0 Å². The van der Waals surface area contributed by atoms with Crippen LogP contribution in [0.1, 0.15) is 36.9 Å². The fourth-order valence-corrected chi connectivity index (χ4v) is 2.83. The molecule has 0 amide bonds. The van der Waals surface area contributed by atoms with Crippen LogP contribution in [0.3, 0.4) is 0 Å². The molecule has 17 heavy (non-hydrogen) atoms. The van der Waals surface area contributed by atoms with Gasteiger partial charge in [0.05, 0.1) is 12.4 Å². The van der Waals surface area contributed by atoms with Crippen LogP contribution in [0.2, 0.25) is 0 Å². The Morgan fingerprint density at radius 1 is 1.12 bits per heavy atom. The van der Waals surface area contributed by atoms with Crippen molar-refractivity contribution in [2.24, 2.45) is 0 Å². The summed E-state index contributed by atoms with van der Waals surface area (Å²) in [4.78, 5) is 14.3. The maximum Gasteiger partial charge on any atom is 0.268 e. The lowest BCUT2D eigenvalue weighted by Crippen LogP contribution is -2.37. The van der Waals surface area contributed by atoms with Crippen molar-refractivity contribution < 1.29 is 0 Å². The van der Waals surface area contributed by atoms with Gasteiger partial charge >= 0.3 is 0 Å². The Labute approximate surface area is 101 Å². The van der Waals surface area contributed by atoms with Crippen LogP contribution in [0.5, 0.6) is 0 Å². The average molecular weight is 233 g/mol. The number of piperidine rings is 1. The summed E-state index contributed by atoms with van der Waals surface area (Å²) in [6, 6.07) is 1.79. The molecule has 0 N–H and O–H groups in total. The molecule has 3 rings (SSSR count). The molecule has 1 aliphatic heterocycles. The largest absolute Gasteiger partial charge is 0.284 e. The lowest BCUT2D eigenvalue weighted by Gasteiger charge is -2.26. The molecule has 1 saturated heterocycles. The third kappa shape index (κ3) is 2.27. The van der Waals surface area contributed by atoms with Crippen molar-refractivity contribution in [2.75, 3.05) is 13.1 Å². The molecule has 0 aromatic carbocycles. The van der Waals surface area contributed by atoms with Crippen LogP contribution in [0, 0.1) is 0 Å². The Morgan fingerprint density at radius 2 is 1.94 bits per heavy atom. The summed E-state index contributed by atoms with van der Waals surface area (Å²) in [7, 11) is 0. The smallest absolute Gasteiger partial charge is 0.268 e. The van der Waals surface area contributed by atoms with E-state index >= 15 is 0 Å². The van der Waals surface area contributed by atoms with Gasteiger partial charge in [-0.15, -0.1) is 0 Å². The first-order valence-electron chi connectivity index (χ1n) is 6.65. The van der Waals surface area contributed by atoms with E-state index in [2.05, 4.69) is 10.00 Å². The maximum absolute atomic E-state index is 11.9. The number of aromatic nitrogens is 2. The van der Waals surface area contributed by atoms with Crippen LogP contribution >= 0.6 is 0 Å². The number of fused-ring (bicyclic) bond motifs is 1. The van der Waals surface area contributed by atoms with E-state index in [4.69, 9.17) is 0 Å². The monoisotopic (exact) mass is 233 g/mol. The number of rotatable bonds is 2. The summed E-state index contributed by atoms with van der Waals surface area (Å²) in [5.74, 6) is 0. The van der Waals surface area contributed by atoms with Crippen LogP contribution in [-0.2, 0) is 19.5 Å². The van der Waals surface area contributed by atoms with Crippen LogP contribution in [0.4, 0.5) is 0 Å². The van der Waals surface area contributed by atoms with Crippen molar-refractivity contribution in [3.63, 3.8) is 0 Å². The Hall–Kier alpha value is -1.16. The van der Waals surface area contributed by atoms with Crippen LogP contribution in [-0.4, -0.2) is 27.8 Å². The summed E-state index contributed by atoms with van der Waals surface area (Å²) < 4.78 is 1.65. The molecule has 2 aliphatic rings. The number of hydrogen-bond donors (Lipinski definition) is 0. The van der Waals surface area contributed by atoms with E-state index in [0.29, 0.717) is 6.67 Å². The van der Waals surface area contributed by atoms with E-state index in [1.165, 1.54) is 24.8 Å². The van der Waals surface area contributed by atoms with Gasteiger partial charge < -0.3 is 0 Å². The number of nitrogens with zero attached hydrogens (tertiary/aromatic N) is 3. The van der Waals surface area contributed by atoms with E-state index < -0.39 is 0 Å². The van der Waals surface area contributed by atoms with Gasteiger partial charge in [-0.25, -0.2) is 4.68 Å². The highest BCUT2D eigenvalue weighted by Crippen LogP contribution is 2.17. The normalized spacial score (nSPS) is 20.5. The number of hydrogen-bond acceptors (Lipinski definition) is 3. The minimum Gasteiger partial charge on any atom is -0.284 e. The highest BCUT2D eigenvalue weighted by Gasteiger charge is 2.16. The summed E-state index contributed by atoms with van der Waals surface area (Å²) >= 11 is 0. The molecule has 2 heterocycles. The summed E-state index contributed by atoms with van der Waals surface area (Å²) in [6.07, 6.45) is 7.04. The second-order valence-corrected chi connectivity index (χ2v) is 5.13. The van der Waals surface area contributed by atoms with Crippen molar-refractivity contribution in [1.82, 2.24) is 14.7 Å². The van der Waals surface area contributed by atoms with Gasteiger partial charge in [-0.3, -0.25) is 9.69 Å². The average Bonchev–Trinajstić information content (AvgIpc) is 2.78. The van der Waals surface area contributed by atoms with Gasteiger partial charge in [0.15, 0.2) is 0 Å². The van der Waals surface area contributed by atoms with E-state index in [1.54, 1.807) is 10.7 Å². The first-order valence-corrected chi connectivity index (χ1v) is 6.65. The summed E-state index contributed by atoms with van der Waals surface area (Å²) in [5.41, 5.74) is 2.38. The molecule has 4 heteroatoms. The Bertz CT molecular complexity index is 460. The highest BCUT2D eigenvalue weighted by molar-refractivity contribution is 5.22. The zero-order valence-corrected chi connectivity index (χ0v) is 10.2.